The van der Waals surface area contributed by atoms with E-state index in [9.17, 15) is 17.6 Å². The average molecular weight is 565 g/mol. The number of carbonyl (C=O) groups excluding carboxylic acids is 1. The molecule has 1 amide bonds. The summed E-state index contributed by atoms with van der Waals surface area (Å²) < 4.78 is 48.4. The Morgan fingerprint density at radius 3 is 2.65 bits per heavy atom. The first-order chi connectivity index (χ1) is 17.7. The summed E-state index contributed by atoms with van der Waals surface area (Å²) in [5, 5.41) is 2.40. The number of ether oxygens (including phenoxy) is 1. The van der Waals surface area contributed by atoms with Gasteiger partial charge in [0.1, 0.15) is 6.61 Å². The maximum Gasteiger partial charge on any atom is 0.243 e. The highest BCUT2D eigenvalue weighted by Gasteiger charge is 2.35. The normalized spacial score (nSPS) is 16.5. The second-order valence-corrected chi connectivity index (χ2v) is 12.5. The van der Waals surface area contributed by atoms with Crippen molar-refractivity contribution in [3.8, 4) is 5.75 Å². The molecule has 2 atom stereocenters. The monoisotopic (exact) mass is 564 g/mol. The third-order valence-electron chi connectivity index (χ3n) is 6.62. The van der Waals surface area contributed by atoms with E-state index < -0.39 is 21.9 Å². The fourth-order valence-corrected chi connectivity index (χ4v) is 6.89. The highest BCUT2D eigenvalue weighted by Crippen LogP contribution is 2.34. The van der Waals surface area contributed by atoms with Crippen molar-refractivity contribution in [2.45, 2.75) is 37.6 Å². The molecule has 4 rings (SSSR count). The number of thiophene rings is 1. The van der Waals surface area contributed by atoms with Gasteiger partial charge in [0.25, 0.3) is 0 Å². The molecule has 0 bridgehead atoms. The first kappa shape index (κ1) is 27.6. The number of hydrogen-bond acceptors (Lipinski definition) is 5. The van der Waals surface area contributed by atoms with Gasteiger partial charge in [-0.3, -0.25) is 4.79 Å². The van der Waals surface area contributed by atoms with Crippen LogP contribution in [0.15, 0.2) is 64.9 Å². The van der Waals surface area contributed by atoms with Gasteiger partial charge >= 0.3 is 0 Å². The molecule has 3 aromatic rings. The third kappa shape index (κ3) is 6.34. The topological polar surface area (TPSA) is 66.9 Å². The van der Waals surface area contributed by atoms with Gasteiger partial charge in [-0.05, 0) is 65.7 Å². The van der Waals surface area contributed by atoms with Gasteiger partial charge < -0.3 is 9.64 Å². The number of benzene rings is 2. The number of rotatable bonds is 10. The number of fused-ring (bicyclic) bond motifs is 1. The average Bonchev–Trinajstić information content (AvgIpc) is 3.37. The Morgan fingerprint density at radius 1 is 1.22 bits per heavy atom. The molecule has 1 aliphatic rings. The fourth-order valence-electron chi connectivity index (χ4n) is 4.33. The minimum Gasteiger partial charge on any atom is -0.488 e. The van der Waals surface area contributed by atoms with Crippen LogP contribution >= 0.6 is 22.9 Å². The van der Waals surface area contributed by atoms with E-state index in [0.717, 1.165) is 16.9 Å². The molecule has 10 heteroatoms. The maximum absolute atomic E-state index is 14.2. The Morgan fingerprint density at radius 2 is 1.95 bits per heavy atom. The lowest BCUT2D eigenvalue weighted by molar-refractivity contribution is -0.135. The molecule has 0 saturated carbocycles. The molecule has 1 aromatic heterocycles. The summed E-state index contributed by atoms with van der Waals surface area (Å²) in [5.74, 6) is -0.629. The molecule has 0 saturated heterocycles. The van der Waals surface area contributed by atoms with Gasteiger partial charge in [0.05, 0.1) is 17.5 Å². The van der Waals surface area contributed by atoms with E-state index in [1.165, 1.54) is 34.6 Å². The van der Waals surface area contributed by atoms with Crippen molar-refractivity contribution in [3.05, 3.63) is 81.3 Å². The first-order valence-electron chi connectivity index (χ1n) is 12.2. The Kier molecular flexibility index (Phi) is 8.90. The SMILES string of the molecule is CC[C@H](C)CN(CC(=O)N1CCc2sccc2[C@H]1COc1ccccc1F)S(=O)(=O)c1ccc(Cl)cc1. The predicted molar refractivity (Wildman–Crippen MR) is 144 cm³/mol. The minimum absolute atomic E-state index is 0.0555. The zero-order valence-corrected chi connectivity index (χ0v) is 23.2. The van der Waals surface area contributed by atoms with Gasteiger partial charge in [0, 0.05) is 23.0 Å². The molecule has 0 unspecified atom stereocenters. The second kappa shape index (κ2) is 11.9. The van der Waals surface area contributed by atoms with Gasteiger partial charge in [-0.25, -0.2) is 12.8 Å². The third-order valence-corrected chi connectivity index (χ3v) is 9.70. The molecule has 0 N–H and O–H groups in total. The molecule has 0 aliphatic carbocycles. The zero-order valence-electron chi connectivity index (χ0n) is 20.8. The Balaban J connectivity index is 1.59. The van der Waals surface area contributed by atoms with Crippen molar-refractivity contribution in [1.82, 2.24) is 9.21 Å². The molecule has 37 heavy (non-hydrogen) atoms. The van der Waals surface area contributed by atoms with Crippen molar-refractivity contribution in [1.29, 1.82) is 0 Å². The maximum atomic E-state index is 14.2. The van der Waals surface area contributed by atoms with Crippen LogP contribution in [0.2, 0.25) is 5.02 Å². The zero-order chi connectivity index (χ0) is 26.6. The Bertz CT molecular complexity index is 1330. The van der Waals surface area contributed by atoms with Crippen molar-refractivity contribution in [3.63, 3.8) is 0 Å². The number of sulfonamides is 1. The van der Waals surface area contributed by atoms with Gasteiger partial charge in [0.2, 0.25) is 15.9 Å². The summed E-state index contributed by atoms with van der Waals surface area (Å²) in [6, 6.07) is 13.6. The summed E-state index contributed by atoms with van der Waals surface area (Å²) >= 11 is 7.57. The smallest absolute Gasteiger partial charge is 0.243 e. The summed E-state index contributed by atoms with van der Waals surface area (Å²) in [7, 11) is -3.94. The lowest BCUT2D eigenvalue weighted by Crippen LogP contribution is -2.48. The van der Waals surface area contributed by atoms with Crippen LogP contribution in [0.3, 0.4) is 0 Å². The highest BCUT2D eigenvalue weighted by molar-refractivity contribution is 7.89. The molecular weight excluding hydrogens is 535 g/mol. The number of amides is 1. The highest BCUT2D eigenvalue weighted by atomic mass is 35.5. The molecule has 2 heterocycles. The number of para-hydroxylation sites is 1. The van der Waals surface area contributed by atoms with Crippen LogP contribution in [-0.4, -0.2) is 49.8 Å². The van der Waals surface area contributed by atoms with E-state index in [-0.39, 0.29) is 42.2 Å². The van der Waals surface area contributed by atoms with Crippen LogP contribution in [0.5, 0.6) is 5.75 Å². The lowest BCUT2D eigenvalue weighted by Gasteiger charge is -2.37. The molecule has 6 nitrogen and oxygen atoms in total. The molecule has 1 aliphatic heterocycles. The van der Waals surface area contributed by atoms with E-state index in [1.54, 1.807) is 34.4 Å². The molecule has 0 spiro atoms. The lowest BCUT2D eigenvalue weighted by atomic mass is 10.0. The van der Waals surface area contributed by atoms with E-state index in [1.807, 2.05) is 25.3 Å². The van der Waals surface area contributed by atoms with Crippen LogP contribution in [-0.2, 0) is 21.2 Å². The van der Waals surface area contributed by atoms with Crippen molar-refractivity contribution in [2.24, 2.45) is 5.92 Å². The van der Waals surface area contributed by atoms with Crippen LogP contribution in [0.4, 0.5) is 4.39 Å². The van der Waals surface area contributed by atoms with Crippen molar-refractivity contribution >= 4 is 38.9 Å². The van der Waals surface area contributed by atoms with Gasteiger partial charge in [-0.1, -0.05) is 44.0 Å². The van der Waals surface area contributed by atoms with E-state index in [0.29, 0.717) is 18.0 Å². The van der Waals surface area contributed by atoms with Crippen molar-refractivity contribution < 1.29 is 22.3 Å². The van der Waals surface area contributed by atoms with Crippen molar-refractivity contribution in [2.75, 3.05) is 26.2 Å². The summed E-state index contributed by atoms with van der Waals surface area (Å²) in [4.78, 5) is 16.6. The van der Waals surface area contributed by atoms with E-state index >= 15 is 0 Å². The van der Waals surface area contributed by atoms with Crippen LogP contribution in [0.1, 0.15) is 36.8 Å². The number of nitrogens with zero attached hydrogens (tertiary/aromatic N) is 2. The molecule has 2 aromatic carbocycles. The summed E-state index contributed by atoms with van der Waals surface area (Å²) in [5.41, 5.74) is 0.954. The van der Waals surface area contributed by atoms with E-state index in [4.69, 9.17) is 16.3 Å². The summed E-state index contributed by atoms with van der Waals surface area (Å²) in [6.45, 7) is 4.34. The fraction of sp³-hybridized carbons (Fsp3) is 0.370. The largest absolute Gasteiger partial charge is 0.488 e. The quantitative estimate of drug-likeness (QED) is 0.313. The minimum atomic E-state index is -3.94. The molecule has 0 radical (unpaired) electrons. The van der Waals surface area contributed by atoms with Gasteiger partial charge in [-0.15, -0.1) is 11.3 Å². The van der Waals surface area contributed by atoms with E-state index in [2.05, 4.69) is 0 Å². The first-order valence-corrected chi connectivity index (χ1v) is 14.9. The van der Waals surface area contributed by atoms with Crippen LogP contribution in [0.25, 0.3) is 0 Å². The van der Waals surface area contributed by atoms with Gasteiger partial charge in [-0.2, -0.15) is 4.31 Å². The molecule has 198 valence electrons. The Labute approximate surface area is 226 Å². The summed E-state index contributed by atoms with van der Waals surface area (Å²) in [6.07, 6.45) is 1.44. The second-order valence-electron chi connectivity index (χ2n) is 9.16. The van der Waals surface area contributed by atoms with Crippen LogP contribution in [0, 0.1) is 11.7 Å². The standard InChI is InChI=1S/C27H30ClFN2O4S2/c1-3-19(2)16-30(37(33,34)21-10-8-20(28)9-11-21)17-27(32)31-14-12-26-22(13-15-36-26)24(31)18-35-25-7-5-4-6-23(25)29/h4-11,13,15,19,24H,3,12,14,16-18H2,1-2H3/t19-,24+/m0/s1. The number of halogens is 2. The molecular formula is C27H30ClFN2O4S2. The molecule has 0 fully saturated rings. The number of hydrogen-bond donors (Lipinski definition) is 0. The van der Waals surface area contributed by atoms with Crippen LogP contribution < -0.4 is 4.74 Å². The Hall–Kier alpha value is -2.46. The predicted octanol–water partition coefficient (Wildman–Crippen LogP) is 5.78. The number of carbonyl (C=O) groups is 1. The van der Waals surface area contributed by atoms with Gasteiger partial charge in [0.15, 0.2) is 11.6 Å².